The molecule has 0 bridgehead atoms. The maximum Gasteiger partial charge on any atom is 0.136 e. The van der Waals surface area contributed by atoms with Crippen molar-refractivity contribution in [3.05, 3.63) is 64.0 Å². The van der Waals surface area contributed by atoms with E-state index in [1.807, 2.05) is 6.07 Å². The SMILES string of the molecule is Cc1ccc2c(c1)=CCC1(C)Oc3ccccc3C=21. The van der Waals surface area contributed by atoms with Crippen LogP contribution >= 0.6 is 0 Å². The Morgan fingerprint density at radius 2 is 1.95 bits per heavy atom. The van der Waals surface area contributed by atoms with Crippen LogP contribution in [0.2, 0.25) is 0 Å². The molecule has 0 fully saturated rings. The first-order valence-electron chi connectivity index (χ1n) is 6.77. The van der Waals surface area contributed by atoms with Crippen molar-refractivity contribution >= 4 is 11.6 Å². The van der Waals surface area contributed by atoms with Gasteiger partial charge in [-0.25, -0.2) is 0 Å². The molecule has 0 radical (unpaired) electrons. The largest absolute Gasteiger partial charge is 0.482 e. The summed E-state index contributed by atoms with van der Waals surface area (Å²) >= 11 is 0. The fourth-order valence-electron chi connectivity index (χ4n) is 3.30. The van der Waals surface area contributed by atoms with Crippen LogP contribution < -0.4 is 15.2 Å². The van der Waals surface area contributed by atoms with Gasteiger partial charge in [-0.15, -0.1) is 0 Å². The quantitative estimate of drug-likeness (QED) is 0.696. The van der Waals surface area contributed by atoms with Crippen LogP contribution in [0, 0.1) is 6.92 Å². The minimum absolute atomic E-state index is 0.202. The summed E-state index contributed by atoms with van der Waals surface area (Å²) in [7, 11) is 0. The third-order valence-corrected chi connectivity index (χ3v) is 4.21. The molecule has 0 spiro atoms. The summed E-state index contributed by atoms with van der Waals surface area (Å²) in [4.78, 5) is 0. The molecule has 1 unspecified atom stereocenters. The Bertz CT molecular complexity index is 801. The van der Waals surface area contributed by atoms with Crippen molar-refractivity contribution in [2.24, 2.45) is 0 Å². The van der Waals surface area contributed by atoms with Gasteiger partial charge in [-0.3, -0.25) is 0 Å². The second kappa shape index (κ2) is 3.51. The zero-order chi connectivity index (χ0) is 13.0. The average Bonchev–Trinajstić information content (AvgIpc) is 2.71. The lowest BCUT2D eigenvalue weighted by Crippen LogP contribution is -2.42. The van der Waals surface area contributed by atoms with E-state index in [2.05, 4.69) is 56.3 Å². The van der Waals surface area contributed by atoms with Gasteiger partial charge in [0.05, 0.1) is 0 Å². The highest BCUT2D eigenvalue weighted by Crippen LogP contribution is 2.44. The van der Waals surface area contributed by atoms with Crippen LogP contribution in [0.25, 0.3) is 11.6 Å². The topological polar surface area (TPSA) is 9.23 Å². The third-order valence-electron chi connectivity index (χ3n) is 4.21. The number of hydrogen-bond acceptors (Lipinski definition) is 1. The van der Waals surface area contributed by atoms with E-state index in [-0.39, 0.29) is 5.60 Å². The molecule has 2 aromatic rings. The van der Waals surface area contributed by atoms with Gasteiger partial charge in [-0.2, -0.15) is 0 Å². The molecule has 2 aromatic carbocycles. The Hall–Kier alpha value is -2.02. The molecule has 1 atom stereocenters. The summed E-state index contributed by atoms with van der Waals surface area (Å²) in [5.41, 5.74) is 3.71. The molecule has 1 heterocycles. The van der Waals surface area contributed by atoms with Crippen LogP contribution in [-0.2, 0) is 0 Å². The standard InChI is InChI=1S/C18H16O/c1-12-7-8-14-13(11-12)9-10-18(2)17(14)15-5-3-4-6-16(15)19-18/h3-9,11H,10H2,1-2H3. The van der Waals surface area contributed by atoms with Gasteiger partial charge < -0.3 is 4.74 Å². The van der Waals surface area contributed by atoms with Crippen molar-refractivity contribution in [1.29, 1.82) is 0 Å². The third kappa shape index (κ3) is 1.42. The van der Waals surface area contributed by atoms with Crippen molar-refractivity contribution < 1.29 is 4.74 Å². The van der Waals surface area contributed by atoms with Gasteiger partial charge in [-0.1, -0.05) is 48.0 Å². The van der Waals surface area contributed by atoms with Crippen molar-refractivity contribution in [1.82, 2.24) is 0 Å². The predicted octanol–water partition coefficient (Wildman–Crippen LogP) is 2.53. The van der Waals surface area contributed by atoms with Gasteiger partial charge >= 0.3 is 0 Å². The van der Waals surface area contributed by atoms with Gasteiger partial charge in [0.1, 0.15) is 11.4 Å². The Morgan fingerprint density at radius 1 is 1.11 bits per heavy atom. The van der Waals surface area contributed by atoms with E-state index in [1.165, 1.54) is 27.1 Å². The van der Waals surface area contributed by atoms with Gasteiger partial charge in [0.15, 0.2) is 0 Å². The number of hydrogen-bond donors (Lipinski definition) is 0. The smallest absolute Gasteiger partial charge is 0.136 e. The van der Waals surface area contributed by atoms with Crippen molar-refractivity contribution in [2.45, 2.75) is 25.9 Å². The minimum atomic E-state index is -0.202. The molecule has 0 saturated carbocycles. The molecule has 4 rings (SSSR count). The summed E-state index contributed by atoms with van der Waals surface area (Å²) in [6.45, 7) is 4.34. The van der Waals surface area contributed by atoms with Crippen LogP contribution in [0.1, 0.15) is 24.5 Å². The van der Waals surface area contributed by atoms with E-state index in [9.17, 15) is 0 Å². The van der Waals surface area contributed by atoms with Crippen LogP contribution in [-0.4, -0.2) is 5.60 Å². The maximum atomic E-state index is 6.22. The summed E-state index contributed by atoms with van der Waals surface area (Å²) in [5.74, 6) is 1.02. The first-order valence-corrected chi connectivity index (χ1v) is 6.77. The number of para-hydroxylation sites is 1. The Balaban J connectivity index is 2.17. The van der Waals surface area contributed by atoms with E-state index in [0.717, 1.165) is 12.2 Å². The fourth-order valence-corrected chi connectivity index (χ4v) is 3.30. The Morgan fingerprint density at radius 3 is 2.84 bits per heavy atom. The lowest BCUT2D eigenvalue weighted by Gasteiger charge is -2.27. The molecular weight excluding hydrogens is 232 g/mol. The molecule has 1 nitrogen and oxygen atoms in total. The Labute approximate surface area is 112 Å². The van der Waals surface area contributed by atoms with Crippen molar-refractivity contribution in [3.8, 4) is 5.75 Å². The van der Waals surface area contributed by atoms with Crippen LogP contribution in [0.15, 0.2) is 42.5 Å². The Kier molecular flexibility index (Phi) is 2.00. The summed E-state index contributed by atoms with van der Waals surface area (Å²) < 4.78 is 6.22. The molecule has 0 amide bonds. The normalized spacial score (nSPS) is 22.9. The van der Waals surface area contributed by atoms with Crippen LogP contribution in [0.3, 0.4) is 0 Å². The highest BCUT2D eigenvalue weighted by molar-refractivity contribution is 5.81. The molecule has 1 heteroatoms. The van der Waals surface area contributed by atoms with Gasteiger partial charge in [0.2, 0.25) is 0 Å². The fraction of sp³-hybridized carbons (Fsp3) is 0.222. The maximum absolute atomic E-state index is 6.22. The lowest BCUT2D eigenvalue weighted by molar-refractivity contribution is 0.173. The van der Waals surface area contributed by atoms with Crippen molar-refractivity contribution in [3.63, 3.8) is 0 Å². The molecule has 94 valence electrons. The summed E-state index contributed by atoms with van der Waals surface area (Å²) in [5, 5.41) is 2.66. The molecular formula is C18H16O. The zero-order valence-corrected chi connectivity index (χ0v) is 11.2. The first-order chi connectivity index (χ1) is 9.17. The van der Waals surface area contributed by atoms with Gasteiger partial charge in [0, 0.05) is 17.6 Å². The average molecular weight is 248 g/mol. The van der Waals surface area contributed by atoms with Crippen LogP contribution in [0.5, 0.6) is 5.75 Å². The molecule has 0 saturated heterocycles. The predicted molar refractivity (Wildman–Crippen MR) is 77.5 cm³/mol. The van der Waals surface area contributed by atoms with Crippen molar-refractivity contribution in [2.75, 3.05) is 0 Å². The highest BCUT2D eigenvalue weighted by Gasteiger charge is 2.40. The van der Waals surface area contributed by atoms with E-state index in [0.29, 0.717) is 0 Å². The molecule has 19 heavy (non-hydrogen) atoms. The summed E-state index contributed by atoms with van der Waals surface area (Å²) in [6, 6.07) is 15.1. The van der Waals surface area contributed by atoms with Crippen LogP contribution in [0.4, 0.5) is 0 Å². The zero-order valence-electron chi connectivity index (χ0n) is 11.2. The van der Waals surface area contributed by atoms with E-state index in [4.69, 9.17) is 4.74 Å². The van der Waals surface area contributed by atoms with Gasteiger partial charge in [-0.05, 0) is 30.4 Å². The number of ether oxygens (including phenoxy) is 1. The number of fused-ring (bicyclic) bond motifs is 4. The van der Waals surface area contributed by atoms with Gasteiger partial charge in [0.25, 0.3) is 0 Å². The molecule has 0 aromatic heterocycles. The monoisotopic (exact) mass is 248 g/mol. The van der Waals surface area contributed by atoms with E-state index >= 15 is 0 Å². The molecule has 1 aliphatic carbocycles. The molecule has 1 aliphatic heterocycles. The first kappa shape index (κ1) is 10.9. The molecule has 0 N–H and O–H groups in total. The second-order valence-corrected chi connectivity index (χ2v) is 5.70. The number of benzene rings is 2. The molecule has 2 aliphatic rings. The number of aryl methyl sites for hydroxylation is 1. The van der Waals surface area contributed by atoms with E-state index < -0.39 is 0 Å². The highest BCUT2D eigenvalue weighted by atomic mass is 16.5. The second-order valence-electron chi connectivity index (χ2n) is 5.70. The lowest BCUT2D eigenvalue weighted by atomic mass is 9.83. The minimum Gasteiger partial charge on any atom is -0.482 e. The van der Waals surface area contributed by atoms with E-state index in [1.54, 1.807) is 0 Å². The summed E-state index contributed by atoms with van der Waals surface area (Å²) in [6.07, 6.45) is 3.24. The number of rotatable bonds is 0.